The largest absolute Gasteiger partial charge is 0.497 e. The van der Waals surface area contributed by atoms with Crippen LogP contribution in [0.4, 0.5) is 10.8 Å². The predicted molar refractivity (Wildman–Crippen MR) is 106 cm³/mol. The fourth-order valence-electron chi connectivity index (χ4n) is 2.43. The lowest BCUT2D eigenvalue weighted by Gasteiger charge is -2.08. The van der Waals surface area contributed by atoms with Crippen LogP contribution in [0.5, 0.6) is 11.5 Å². The number of nitrogens with zero attached hydrogens (tertiary/aromatic N) is 1. The summed E-state index contributed by atoms with van der Waals surface area (Å²) in [6.07, 6.45) is 0.371. The van der Waals surface area contributed by atoms with E-state index in [9.17, 15) is 9.59 Å². The van der Waals surface area contributed by atoms with Gasteiger partial charge in [0, 0.05) is 23.7 Å². The number of nitrogens with one attached hydrogen (secondary N) is 2. The zero-order valence-electron chi connectivity index (χ0n) is 15.2. The maximum absolute atomic E-state index is 12.5. The van der Waals surface area contributed by atoms with Crippen molar-refractivity contribution in [3.05, 3.63) is 42.0 Å². The van der Waals surface area contributed by atoms with Gasteiger partial charge in [-0.1, -0.05) is 18.3 Å². The Morgan fingerprint density at radius 2 is 1.81 bits per heavy atom. The minimum Gasteiger partial charge on any atom is -0.497 e. The molecule has 27 heavy (non-hydrogen) atoms. The van der Waals surface area contributed by atoms with Gasteiger partial charge in [-0.25, -0.2) is 4.98 Å². The normalized spacial score (nSPS) is 10.5. The van der Waals surface area contributed by atoms with Gasteiger partial charge in [0.2, 0.25) is 5.91 Å². The van der Waals surface area contributed by atoms with E-state index in [1.54, 1.807) is 50.4 Å². The third kappa shape index (κ3) is 4.17. The summed E-state index contributed by atoms with van der Waals surface area (Å²) in [5.41, 5.74) is 1.73. The first-order valence-corrected chi connectivity index (χ1v) is 9.09. The fourth-order valence-corrected chi connectivity index (χ4v) is 3.37. The highest BCUT2D eigenvalue weighted by atomic mass is 32.1. The highest BCUT2D eigenvalue weighted by molar-refractivity contribution is 7.22. The summed E-state index contributed by atoms with van der Waals surface area (Å²) in [6, 6.07) is 10.3. The van der Waals surface area contributed by atoms with Crippen LogP contribution in [0.25, 0.3) is 10.2 Å². The molecule has 0 bridgehead atoms. The van der Waals surface area contributed by atoms with E-state index in [4.69, 9.17) is 9.47 Å². The zero-order chi connectivity index (χ0) is 19.4. The monoisotopic (exact) mass is 385 g/mol. The van der Waals surface area contributed by atoms with Crippen LogP contribution in [-0.4, -0.2) is 31.0 Å². The second kappa shape index (κ2) is 8.05. The van der Waals surface area contributed by atoms with Crippen molar-refractivity contribution in [2.75, 3.05) is 24.9 Å². The van der Waals surface area contributed by atoms with Crippen LogP contribution in [0.15, 0.2) is 36.4 Å². The van der Waals surface area contributed by atoms with Crippen LogP contribution in [-0.2, 0) is 4.79 Å². The number of fused-ring (bicyclic) bond motifs is 1. The molecule has 0 fully saturated rings. The van der Waals surface area contributed by atoms with E-state index in [1.807, 2.05) is 0 Å². The van der Waals surface area contributed by atoms with Crippen molar-refractivity contribution in [3.63, 3.8) is 0 Å². The molecule has 3 rings (SSSR count). The molecule has 7 nitrogen and oxygen atoms in total. The number of ether oxygens (including phenoxy) is 2. The van der Waals surface area contributed by atoms with E-state index in [2.05, 4.69) is 15.6 Å². The van der Waals surface area contributed by atoms with Crippen LogP contribution >= 0.6 is 11.3 Å². The molecule has 3 aromatic rings. The van der Waals surface area contributed by atoms with Gasteiger partial charge in [-0.15, -0.1) is 0 Å². The molecule has 0 radical (unpaired) electrons. The predicted octanol–water partition coefficient (Wildman–Crippen LogP) is 3.91. The Hall–Kier alpha value is -3.13. The van der Waals surface area contributed by atoms with Crippen LogP contribution in [0.2, 0.25) is 0 Å². The van der Waals surface area contributed by atoms with Gasteiger partial charge in [0.25, 0.3) is 5.91 Å². The number of carbonyl (C=O) groups is 2. The molecule has 2 aromatic carbocycles. The summed E-state index contributed by atoms with van der Waals surface area (Å²) < 4.78 is 11.3. The number of benzene rings is 2. The second-order valence-corrected chi connectivity index (χ2v) is 6.66. The number of amides is 2. The Bertz CT molecular complexity index is 983. The minimum absolute atomic E-state index is 0.110. The molecule has 1 aromatic heterocycles. The molecule has 0 aliphatic heterocycles. The summed E-state index contributed by atoms with van der Waals surface area (Å²) in [7, 11) is 3.11. The Morgan fingerprint density at radius 1 is 1.07 bits per heavy atom. The maximum Gasteiger partial charge on any atom is 0.255 e. The lowest BCUT2D eigenvalue weighted by Crippen LogP contribution is -2.11. The van der Waals surface area contributed by atoms with Crippen molar-refractivity contribution >= 4 is 44.2 Å². The van der Waals surface area contributed by atoms with Gasteiger partial charge >= 0.3 is 0 Å². The van der Waals surface area contributed by atoms with E-state index in [-0.39, 0.29) is 11.8 Å². The first-order valence-electron chi connectivity index (χ1n) is 8.28. The second-order valence-electron chi connectivity index (χ2n) is 5.63. The van der Waals surface area contributed by atoms with Crippen LogP contribution in [0, 0.1) is 0 Å². The zero-order valence-corrected chi connectivity index (χ0v) is 16.0. The molecular weight excluding hydrogens is 366 g/mol. The highest BCUT2D eigenvalue weighted by Gasteiger charge is 2.14. The lowest BCUT2D eigenvalue weighted by molar-refractivity contribution is -0.115. The van der Waals surface area contributed by atoms with Crippen molar-refractivity contribution in [3.8, 4) is 11.5 Å². The summed E-state index contributed by atoms with van der Waals surface area (Å²) in [4.78, 5) is 28.5. The number of carbonyl (C=O) groups excluding carboxylic acids is 2. The van der Waals surface area contributed by atoms with E-state index in [1.165, 1.54) is 18.4 Å². The average Bonchev–Trinajstić information content (AvgIpc) is 3.09. The molecule has 1 heterocycles. The Kier molecular flexibility index (Phi) is 5.56. The number of hydrogen-bond acceptors (Lipinski definition) is 6. The van der Waals surface area contributed by atoms with Crippen molar-refractivity contribution in [2.24, 2.45) is 0 Å². The molecule has 0 atom stereocenters. The van der Waals surface area contributed by atoms with Gasteiger partial charge in [0.1, 0.15) is 17.0 Å². The maximum atomic E-state index is 12.5. The van der Waals surface area contributed by atoms with Crippen molar-refractivity contribution in [2.45, 2.75) is 13.3 Å². The number of thiazole rings is 1. The Labute approximate surface area is 160 Å². The van der Waals surface area contributed by atoms with E-state index >= 15 is 0 Å². The van der Waals surface area contributed by atoms with Gasteiger partial charge in [-0.3, -0.25) is 9.59 Å². The standard InChI is InChI=1S/C19H19N3O4S/c1-4-16(23)21-19-22-17-14(26-3)9-12(10-15(17)27-19)20-18(24)11-5-7-13(25-2)8-6-11/h5-10H,4H2,1-3H3,(H,20,24)(H,21,22,23). The molecule has 0 aliphatic rings. The van der Waals surface area contributed by atoms with Crippen molar-refractivity contribution in [1.82, 2.24) is 4.98 Å². The Balaban J connectivity index is 1.87. The van der Waals surface area contributed by atoms with Gasteiger partial charge in [0.05, 0.1) is 18.9 Å². The summed E-state index contributed by atoms with van der Waals surface area (Å²) in [6.45, 7) is 1.77. The molecule has 8 heteroatoms. The summed E-state index contributed by atoms with van der Waals surface area (Å²) in [5, 5.41) is 6.09. The Morgan fingerprint density at radius 3 is 2.44 bits per heavy atom. The van der Waals surface area contributed by atoms with Crippen LogP contribution < -0.4 is 20.1 Å². The first kappa shape index (κ1) is 18.7. The quantitative estimate of drug-likeness (QED) is 0.671. The number of aromatic nitrogens is 1. The molecule has 140 valence electrons. The SMILES string of the molecule is CCC(=O)Nc1nc2c(OC)cc(NC(=O)c3ccc(OC)cc3)cc2s1. The van der Waals surface area contributed by atoms with E-state index < -0.39 is 0 Å². The topological polar surface area (TPSA) is 89.5 Å². The summed E-state index contributed by atoms with van der Waals surface area (Å²) >= 11 is 1.32. The lowest BCUT2D eigenvalue weighted by atomic mass is 10.2. The highest BCUT2D eigenvalue weighted by Crippen LogP contribution is 2.35. The third-order valence-electron chi connectivity index (χ3n) is 3.86. The van der Waals surface area contributed by atoms with Crippen LogP contribution in [0.1, 0.15) is 23.7 Å². The van der Waals surface area contributed by atoms with Gasteiger partial charge in [-0.05, 0) is 30.3 Å². The minimum atomic E-state index is -0.247. The van der Waals surface area contributed by atoms with Crippen molar-refractivity contribution in [1.29, 1.82) is 0 Å². The van der Waals surface area contributed by atoms with Gasteiger partial charge < -0.3 is 20.1 Å². The molecule has 0 unspecified atom stereocenters. The number of anilines is 2. The molecular formula is C19H19N3O4S. The molecule has 2 amide bonds. The number of hydrogen-bond donors (Lipinski definition) is 2. The smallest absolute Gasteiger partial charge is 0.255 e. The molecule has 0 spiro atoms. The molecule has 0 saturated heterocycles. The van der Waals surface area contributed by atoms with Crippen molar-refractivity contribution < 1.29 is 19.1 Å². The molecule has 0 saturated carbocycles. The fraction of sp³-hybridized carbons (Fsp3) is 0.211. The van der Waals surface area contributed by atoms with E-state index in [0.717, 1.165) is 4.70 Å². The third-order valence-corrected chi connectivity index (χ3v) is 4.78. The number of rotatable bonds is 6. The number of methoxy groups -OCH3 is 2. The molecule has 0 aliphatic carbocycles. The average molecular weight is 385 g/mol. The van der Waals surface area contributed by atoms with Gasteiger partial charge in [-0.2, -0.15) is 0 Å². The first-order chi connectivity index (χ1) is 13.0. The van der Waals surface area contributed by atoms with Crippen LogP contribution in [0.3, 0.4) is 0 Å². The van der Waals surface area contributed by atoms with Gasteiger partial charge in [0.15, 0.2) is 5.13 Å². The molecule has 2 N–H and O–H groups in total. The van der Waals surface area contributed by atoms with E-state index in [0.29, 0.717) is 39.8 Å². The summed E-state index contributed by atoms with van der Waals surface area (Å²) in [5.74, 6) is 0.843.